The molecule has 0 saturated carbocycles. The average molecular weight is 263 g/mol. The second-order valence-electron chi connectivity index (χ2n) is 3.75. The molecule has 1 aliphatic heterocycles. The fourth-order valence-corrected chi connectivity index (χ4v) is 2.01. The summed E-state index contributed by atoms with van der Waals surface area (Å²) in [5.41, 5.74) is 0. The molecule has 0 bridgehead atoms. The lowest BCUT2D eigenvalue weighted by Crippen LogP contribution is -2.45. The molecular weight excluding hydrogens is 247 g/mol. The summed E-state index contributed by atoms with van der Waals surface area (Å²) in [7, 11) is 1.99. The van der Waals surface area contributed by atoms with Crippen LogP contribution in [0.5, 0.6) is 0 Å². The molecule has 1 unspecified atom stereocenters. The average Bonchev–Trinajstić information content (AvgIpc) is 2.29. The Hall–Kier alpha value is -0.580. The molecule has 16 heavy (non-hydrogen) atoms. The molecule has 1 saturated heterocycles. The second-order valence-corrected chi connectivity index (χ2v) is 4.14. The van der Waals surface area contributed by atoms with Crippen LogP contribution < -0.4 is 10.2 Å². The molecule has 4 nitrogen and oxygen atoms in total. The van der Waals surface area contributed by atoms with Gasteiger partial charge in [-0.1, -0.05) is 11.6 Å². The van der Waals surface area contributed by atoms with E-state index in [1.807, 2.05) is 7.05 Å². The summed E-state index contributed by atoms with van der Waals surface area (Å²) >= 11 is 5.84. The van der Waals surface area contributed by atoms with E-state index in [1.54, 1.807) is 12.3 Å². The van der Waals surface area contributed by atoms with Crippen LogP contribution in [-0.4, -0.2) is 36.1 Å². The van der Waals surface area contributed by atoms with E-state index in [2.05, 4.69) is 20.2 Å². The molecule has 1 N–H and O–H groups in total. The van der Waals surface area contributed by atoms with Crippen LogP contribution in [0.2, 0.25) is 5.15 Å². The SMILES string of the molecule is CNC1CCCN(c2nccc(Cl)n2)C1.Cl. The number of piperidine rings is 1. The van der Waals surface area contributed by atoms with Crippen molar-refractivity contribution in [2.75, 3.05) is 25.0 Å². The Morgan fingerprint density at radius 3 is 3.06 bits per heavy atom. The highest BCUT2D eigenvalue weighted by atomic mass is 35.5. The molecular formula is C10H16Cl2N4. The lowest BCUT2D eigenvalue weighted by Gasteiger charge is -2.32. The van der Waals surface area contributed by atoms with Gasteiger partial charge in [0.25, 0.3) is 0 Å². The van der Waals surface area contributed by atoms with Gasteiger partial charge in [0.1, 0.15) is 5.15 Å². The van der Waals surface area contributed by atoms with E-state index >= 15 is 0 Å². The smallest absolute Gasteiger partial charge is 0.226 e. The molecule has 2 heterocycles. The van der Waals surface area contributed by atoms with Gasteiger partial charge in [-0.3, -0.25) is 0 Å². The Balaban J connectivity index is 0.00000128. The summed E-state index contributed by atoms with van der Waals surface area (Å²) in [6.45, 7) is 1.97. The van der Waals surface area contributed by atoms with Crippen LogP contribution in [-0.2, 0) is 0 Å². The van der Waals surface area contributed by atoms with Crippen molar-refractivity contribution < 1.29 is 0 Å². The van der Waals surface area contributed by atoms with Gasteiger partial charge >= 0.3 is 0 Å². The van der Waals surface area contributed by atoms with Crippen molar-refractivity contribution in [3.63, 3.8) is 0 Å². The van der Waals surface area contributed by atoms with Crippen molar-refractivity contribution in [2.45, 2.75) is 18.9 Å². The van der Waals surface area contributed by atoms with Crippen molar-refractivity contribution in [3.8, 4) is 0 Å². The summed E-state index contributed by atoms with van der Waals surface area (Å²) in [5, 5.41) is 3.79. The van der Waals surface area contributed by atoms with E-state index in [0.717, 1.165) is 19.0 Å². The number of halogens is 2. The van der Waals surface area contributed by atoms with Gasteiger partial charge in [0.2, 0.25) is 5.95 Å². The highest BCUT2D eigenvalue weighted by Crippen LogP contribution is 2.16. The van der Waals surface area contributed by atoms with Crippen LogP contribution in [0, 0.1) is 0 Å². The van der Waals surface area contributed by atoms with Crippen LogP contribution in [0.15, 0.2) is 12.3 Å². The summed E-state index contributed by atoms with van der Waals surface area (Å²) in [6, 6.07) is 2.23. The Morgan fingerprint density at radius 1 is 1.56 bits per heavy atom. The minimum Gasteiger partial charge on any atom is -0.339 e. The zero-order valence-corrected chi connectivity index (χ0v) is 10.8. The van der Waals surface area contributed by atoms with Crippen molar-refractivity contribution in [1.29, 1.82) is 0 Å². The second kappa shape index (κ2) is 6.23. The molecule has 0 aliphatic carbocycles. The van der Waals surface area contributed by atoms with Gasteiger partial charge in [0.05, 0.1) is 0 Å². The molecule has 1 aliphatic rings. The van der Waals surface area contributed by atoms with Crippen molar-refractivity contribution in [2.24, 2.45) is 0 Å². The van der Waals surface area contributed by atoms with Gasteiger partial charge < -0.3 is 10.2 Å². The predicted octanol–water partition coefficient (Wildman–Crippen LogP) is 1.74. The van der Waals surface area contributed by atoms with Gasteiger partial charge in [0, 0.05) is 25.3 Å². The minimum atomic E-state index is 0. The first-order chi connectivity index (χ1) is 7.29. The minimum absolute atomic E-state index is 0. The first-order valence-electron chi connectivity index (χ1n) is 5.20. The Labute approximate surface area is 107 Å². The number of anilines is 1. The van der Waals surface area contributed by atoms with Crippen LogP contribution in [0.25, 0.3) is 0 Å². The monoisotopic (exact) mass is 262 g/mol. The number of rotatable bonds is 2. The normalized spacial score (nSPS) is 20.4. The molecule has 1 aromatic heterocycles. The van der Waals surface area contributed by atoms with Gasteiger partial charge in [-0.25, -0.2) is 9.97 Å². The van der Waals surface area contributed by atoms with Gasteiger partial charge in [-0.2, -0.15) is 0 Å². The first kappa shape index (κ1) is 13.5. The molecule has 0 aromatic carbocycles. The molecule has 0 amide bonds. The lowest BCUT2D eigenvalue weighted by molar-refractivity contribution is 0.445. The molecule has 1 aromatic rings. The van der Waals surface area contributed by atoms with E-state index in [4.69, 9.17) is 11.6 Å². The van der Waals surface area contributed by atoms with Crippen LogP contribution >= 0.6 is 24.0 Å². The lowest BCUT2D eigenvalue weighted by atomic mass is 10.1. The van der Waals surface area contributed by atoms with E-state index in [-0.39, 0.29) is 12.4 Å². The molecule has 0 radical (unpaired) electrons. The van der Waals surface area contributed by atoms with Gasteiger partial charge in [-0.15, -0.1) is 12.4 Å². The molecule has 2 rings (SSSR count). The Bertz CT molecular complexity index is 334. The molecule has 0 spiro atoms. The largest absolute Gasteiger partial charge is 0.339 e. The van der Waals surface area contributed by atoms with E-state index in [1.165, 1.54) is 12.8 Å². The predicted molar refractivity (Wildman–Crippen MR) is 68.6 cm³/mol. The summed E-state index contributed by atoms with van der Waals surface area (Å²) in [4.78, 5) is 10.6. The standard InChI is InChI=1S/C10H15ClN4.ClH/c1-12-8-3-2-6-15(7-8)10-13-5-4-9(11)14-10;/h4-5,8,12H,2-3,6-7H2,1H3;1H. The summed E-state index contributed by atoms with van der Waals surface area (Å²) < 4.78 is 0. The highest BCUT2D eigenvalue weighted by molar-refractivity contribution is 6.29. The van der Waals surface area contributed by atoms with Crippen LogP contribution in [0.1, 0.15) is 12.8 Å². The van der Waals surface area contributed by atoms with Crippen LogP contribution in [0.3, 0.4) is 0 Å². The van der Waals surface area contributed by atoms with Crippen LogP contribution in [0.4, 0.5) is 5.95 Å². The maximum absolute atomic E-state index is 5.84. The zero-order valence-electron chi connectivity index (χ0n) is 9.19. The number of hydrogen-bond donors (Lipinski definition) is 1. The maximum atomic E-state index is 5.84. The Kier molecular flexibility index (Phi) is 5.25. The number of nitrogens with zero attached hydrogens (tertiary/aromatic N) is 3. The van der Waals surface area contributed by atoms with Crippen molar-refractivity contribution in [3.05, 3.63) is 17.4 Å². The summed E-state index contributed by atoms with van der Waals surface area (Å²) in [6.07, 6.45) is 4.09. The third-order valence-corrected chi connectivity index (χ3v) is 2.93. The Morgan fingerprint density at radius 2 is 2.38 bits per heavy atom. The van der Waals surface area contributed by atoms with Crippen molar-refractivity contribution >= 4 is 30.0 Å². The maximum Gasteiger partial charge on any atom is 0.226 e. The zero-order chi connectivity index (χ0) is 10.7. The van der Waals surface area contributed by atoms with E-state index in [0.29, 0.717) is 11.2 Å². The number of nitrogens with one attached hydrogen (secondary N) is 1. The third kappa shape index (κ3) is 3.20. The van der Waals surface area contributed by atoms with Crippen molar-refractivity contribution in [1.82, 2.24) is 15.3 Å². The fourth-order valence-electron chi connectivity index (χ4n) is 1.87. The quantitative estimate of drug-likeness (QED) is 0.825. The highest BCUT2D eigenvalue weighted by Gasteiger charge is 2.20. The molecule has 90 valence electrons. The summed E-state index contributed by atoms with van der Waals surface area (Å²) in [5.74, 6) is 0.738. The molecule has 6 heteroatoms. The van der Waals surface area contributed by atoms with Gasteiger partial charge in [0.15, 0.2) is 0 Å². The number of aromatic nitrogens is 2. The van der Waals surface area contributed by atoms with Gasteiger partial charge in [-0.05, 0) is 26.0 Å². The number of likely N-dealkylation sites (N-methyl/N-ethyl adjacent to an activating group) is 1. The number of hydrogen-bond acceptors (Lipinski definition) is 4. The molecule has 1 atom stereocenters. The molecule has 1 fully saturated rings. The first-order valence-corrected chi connectivity index (χ1v) is 5.58. The third-order valence-electron chi connectivity index (χ3n) is 2.72. The van der Waals surface area contributed by atoms with E-state index < -0.39 is 0 Å². The van der Waals surface area contributed by atoms with E-state index in [9.17, 15) is 0 Å². The topological polar surface area (TPSA) is 41.0 Å². The fraction of sp³-hybridized carbons (Fsp3) is 0.600.